The molecular formula is C15H20F6O3Si. The van der Waals surface area contributed by atoms with E-state index in [0.717, 1.165) is 0 Å². The van der Waals surface area contributed by atoms with Crippen molar-refractivity contribution < 1.29 is 39.6 Å². The summed E-state index contributed by atoms with van der Waals surface area (Å²) in [6, 6.07) is 1.56. The minimum Gasteiger partial charge on any atom is -0.377 e. The molecule has 0 amide bonds. The Hall–Kier alpha value is -1.10. The van der Waals surface area contributed by atoms with Crippen molar-refractivity contribution in [3.63, 3.8) is 0 Å². The van der Waals surface area contributed by atoms with Gasteiger partial charge in [0.05, 0.1) is 11.1 Å². The van der Waals surface area contributed by atoms with E-state index in [1.807, 2.05) is 0 Å². The van der Waals surface area contributed by atoms with Crippen LogP contribution in [0.1, 0.15) is 30.5 Å². The third-order valence-electron chi connectivity index (χ3n) is 3.40. The lowest BCUT2D eigenvalue weighted by molar-refractivity contribution is -0.143. The van der Waals surface area contributed by atoms with Crippen LogP contribution < -0.4 is 0 Å². The number of alkyl halides is 6. The van der Waals surface area contributed by atoms with Crippen molar-refractivity contribution in [2.75, 3.05) is 14.2 Å². The van der Waals surface area contributed by atoms with E-state index < -0.39 is 32.3 Å². The lowest BCUT2D eigenvalue weighted by Gasteiger charge is -2.28. The molecule has 0 aliphatic heterocycles. The Balaban J connectivity index is 3.16. The molecule has 0 N–H and O–H groups in total. The van der Waals surface area contributed by atoms with Crippen LogP contribution in [0, 0.1) is 0 Å². The van der Waals surface area contributed by atoms with Crippen LogP contribution in [-0.2, 0) is 32.1 Å². The van der Waals surface area contributed by atoms with Gasteiger partial charge in [-0.1, -0.05) is 0 Å². The van der Waals surface area contributed by atoms with Gasteiger partial charge in [0.2, 0.25) is 0 Å². The van der Waals surface area contributed by atoms with Crippen LogP contribution in [0.2, 0.25) is 6.04 Å². The van der Waals surface area contributed by atoms with Gasteiger partial charge in [0.15, 0.2) is 0 Å². The van der Waals surface area contributed by atoms with Gasteiger partial charge in [0.25, 0.3) is 0 Å². The Morgan fingerprint density at radius 2 is 1.32 bits per heavy atom. The summed E-state index contributed by atoms with van der Waals surface area (Å²) in [4.78, 5) is 0. The molecule has 3 nitrogen and oxygen atoms in total. The van der Waals surface area contributed by atoms with E-state index in [4.69, 9.17) is 13.3 Å². The van der Waals surface area contributed by atoms with Gasteiger partial charge in [0, 0.05) is 26.4 Å². The highest BCUT2D eigenvalue weighted by molar-refractivity contribution is 6.60. The number of aryl methyl sites for hydroxylation is 1. The van der Waals surface area contributed by atoms with E-state index >= 15 is 0 Å². The van der Waals surface area contributed by atoms with Gasteiger partial charge in [-0.3, -0.25) is 0 Å². The molecule has 1 aromatic carbocycles. The summed E-state index contributed by atoms with van der Waals surface area (Å²) >= 11 is 0. The highest BCUT2D eigenvalue weighted by Gasteiger charge is 2.41. The van der Waals surface area contributed by atoms with Crippen molar-refractivity contribution in [2.24, 2.45) is 0 Å². The monoisotopic (exact) mass is 390 g/mol. The van der Waals surface area contributed by atoms with Crippen molar-refractivity contribution in [2.45, 2.75) is 44.8 Å². The Labute approximate surface area is 143 Å². The minimum atomic E-state index is -4.87. The fourth-order valence-electron chi connectivity index (χ4n) is 2.26. The fraction of sp³-hybridized carbons (Fsp3) is 0.600. The van der Waals surface area contributed by atoms with Crippen LogP contribution in [0.5, 0.6) is 0 Å². The molecule has 0 atom stereocenters. The number of hydrogen-bond donors (Lipinski definition) is 0. The van der Waals surface area contributed by atoms with E-state index in [-0.39, 0.29) is 30.2 Å². The van der Waals surface area contributed by atoms with Crippen LogP contribution in [-0.4, -0.2) is 29.1 Å². The van der Waals surface area contributed by atoms with E-state index in [9.17, 15) is 26.3 Å². The average Bonchev–Trinajstić information content (AvgIpc) is 2.49. The quantitative estimate of drug-likeness (QED) is 0.488. The van der Waals surface area contributed by atoms with Gasteiger partial charge in [-0.15, -0.1) is 0 Å². The molecule has 10 heteroatoms. The summed E-state index contributed by atoms with van der Waals surface area (Å²) in [5.41, 5.74) is -2.80. The zero-order valence-electron chi connectivity index (χ0n) is 14.2. The van der Waals surface area contributed by atoms with Crippen molar-refractivity contribution in [3.8, 4) is 0 Å². The minimum absolute atomic E-state index is 0.0524. The van der Waals surface area contributed by atoms with Crippen LogP contribution >= 0.6 is 0 Å². The van der Waals surface area contributed by atoms with E-state index in [0.29, 0.717) is 12.1 Å². The van der Waals surface area contributed by atoms with Gasteiger partial charge in [-0.25, -0.2) is 0 Å². The number of hydrogen-bond acceptors (Lipinski definition) is 3. The van der Waals surface area contributed by atoms with Gasteiger partial charge in [-0.05, 0) is 44.0 Å². The van der Waals surface area contributed by atoms with Crippen LogP contribution in [0.25, 0.3) is 0 Å². The molecule has 1 aromatic rings. The number of benzene rings is 1. The molecule has 144 valence electrons. The highest BCUT2D eigenvalue weighted by atomic mass is 28.4. The fourth-order valence-corrected chi connectivity index (χ4v) is 4.46. The summed E-state index contributed by atoms with van der Waals surface area (Å²) in [6.07, 6.45) is -10.1. The smallest absolute Gasteiger partial charge is 0.377 e. The predicted octanol–water partition coefficient (Wildman–Crippen LogP) is 4.92. The molecule has 1 rings (SSSR count). The van der Waals surface area contributed by atoms with Crippen molar-refractivity contribution in [1.82, 2.24) is 0 Å². The van der Waals surface area contributed by atoms with Crippen LogP contribution in [0.15, 0.2) is 18.2 Å². The zero-order chi connectivity index (χ0) is 19.5. The SMILES string of the molecule is CO[Si](CCc1cc(C(F)(F)F)cc(C(F)(F)F)c1)(OC)OC(C)C. The maximum absolute atomic E-state index is 12.9. The molecule has 0 bridgehead atoms. The summed E-state index contributed by atoms with van der Waals surface area (Å²) < 4.78 is 93.4. The molecule has 25 heavy (non-hydrogen) atoms. The summed E-state index contributed by atoms with van der Waals surface area (Å²) in [7, 11) is -0.501. The predicted molar refractivity (Wildman–Crippen MR) is 81.0 cm³/mol. The highest BCUT2D eigenvalue weighted by Crippen LogP contribution is 2.36. The Morgan fingerprint density at radius 1 is 0.880 bits per heavy atom. The van der Waals surface area contributed by atoms with Gasteiger partial charge >= 0.3 is 21.2 Å². The maximum atomic E-state index is 12.9. The normalized spacial score (nSPS) is 13.6. The standard InChI is InChI=1S/C15H20F6O3Si/c1-10(2)24-25(22-3,23-4)6-5-11-7-12(14(16,17)18)9-13(8-11)15(19,20)21/h7-10H,5-6H2,1-4H3. The molecule has 0 aliphatic carbocycles. The first kappa shape index (κ1) is 21.9. The summed E-state index contributed by atoms with van der Waals surface area (Å²) in [5.74, 6) is 0. The molecule has 0 heterocycles. The topological polar surface area (TPSA) is 27.7 Å². The van der Waals surface area contributed by atoms with Gasteiger partial charge in [0.1, 0.15) is 0 Å². The molecule has 0 unspecified atom stereocenters. The lowest BCUT2D eigenvalue weighted by Crippen LogP contribution is -2.46. The first-order valence-corrected chi connectivity index (χ1v) is 9.32. The number of rotatable bonds is 7. The number of halogens is 6. The molecule has 0 spiro atoms. The molecule has 0 aliphatic rings. The Morgan fingerprint density at radius 3 is 1.64 bits per heavy atom. The summed E-state index contributed by atoms with van der Waals surface area (Å²) in [6.45, 7) is 3.46. The maximum Gasteiger partial charge on any atom is 0.500 e. The largest absolute Gasteiger partial charge is 0.500 e. The molecular weight excluding hydrogens is 370 g/mol. The van der Waals surface area contributed by atoms with Gasteiger partial charge in [-0.2, -0.15) is 26.3 Å². The second kappa shape index (κ2) is 8.06. The third-order valence-corrected chi connectivity index (χ3v) is 6.34. The average molecular weight is 390 g/mol. The lowest BCUT2D eigenvalue weighted by atomic mass is 10.0. The summed E-state index contributed by atoms with van der Waals surface area (Å²) in [5, 5.41) is 0. The molecule has 0 fully saturated rings. The van der Waals surface area contributed by atoms with Crippen molar-refractivity contribution >= 4 is 8.80 Å². The van der Waals surface area contributed by atoms with Crippen LogP contribution in [0.3, 0.4) is 0 Å². The second-order valence-electron chi connectivity index (χ2n) is 5.67. The molecule has 0 radical (unpaired) electrons. The zero-order valence-corrected chi connectivity index (χ0v) is 15.2. The Kier molecular flexibility index (Phi) is 7.08. The first-order chi connectivity index (χ1) is 11.3. The van der Waals surface area contributed by atoms with E-state index in [1.54, 1.807) is 13.8 Å². The van der Waals surface area contributed by atoms with Gasteiger partial charge < -0.3 is 13.3 Å². The third kappa shape index (κ3) is 6.28. The van der Waals surface area contributed by atoms with E-state index in [1.165, 1.54) is 14.2 Å². The second-order valence-corrected chi connectivity index (χ2v) is 8.59. The van der Waals surface area contributed by atoms with Crippen molar-refractivity contribution in [3.05, 3.63) is 34.9 Å². The van der Waals surface area contributed by atoms with E-state index in [2.05, 4.69) is 0 Å². The van der Waals surface area contributed by atoms with Crippen molar-refractivity contribution in [1.29, 1.82) is 0 Å². The Bertz CT molecular complexity index is 535. The first-order valence-electron chi connectivity index (χ1n) is 7.39. The molecule has 0 saturated carbocycles. The molecule has 0 aromatic heterocycles. The van der Waals surface area contributed by atoms with Crippen LogP contribution in [0.4, 0.5) is 26.3 Å². The molecule has 0 saturated heterocycles.